The quantitative estimate of drug-likeness (QED) is 0.867. The Morgan fingerprint density at radius 1 is 1.26 bits per heavy atom. The van der Waals surface area contributed by atoms with Gasteiger partial charge in [-0.2, -0.15) is 0 Å². The molecule has 106 valence electrons. The molecule has 0 amide bonds. The standard InChI is InChI=1S/C16H25ClN2/c1-11-9-16(2,3)10-14(11)18-13-8-12(17)6-7-15(13)19(4)5/h6-8,11,14,18H,9-10H2,1-5H3. The Kier molecular flexibility index (Phi) is 4.00. The molecule has 1 aliphatic carbocycles. The molecule has 0 radical (unpaired) electrons. The predicted molar refractivity (Wildman–Crippen MR) is 85.4 cm³/mol. The van der Waals surface area contributed by atoms with Gasteiger partial charge in [-0.05, 0) is 42.4 Å². The Balaban J connectivity index is 2.21. The molecule has 19 heavy (non-hydrogen) atoms. The van der Waals surface area contributed by atoms with Crippen LogP contribution in [0.4, 0.5) is 11.4 Å². The van der Waals surface area contributed by atoms with Crippen LogP contribution in [-0.2, 0) is 0 Å². The molecule has 0 heterocycles. The highest BCUT2D eigenvalue weighted by molar-refractivity contribution is 6.31. The van der Waals surface area contributed by atoms with E-state index in [0.717, 1.165) is 10.7 Å². The summed E-state index contributed by atoms with van der Waals surface area (Å²) in [5.74, 6) is 0.698. The lowest BCUT2D eigenvalue weighted by molar-refractivity contribution is 0.366. The van der Waals surface area contributed by atoms with Crippen molar-refractivity contribution in [3.05, 3.63) is 23.2 Å². The zero-order valence-electron chi connectivity index (χ0n) is 12.6. The zero-order valence-corrected chi connectivity index (χ0v) is 13.4. The fraction of sp³-hybridized carbons (Fsp3) is 0.625. The molecule has 2 rings (SSSR count). The lowest BCUT2D eigenvalue weighted by atomic mass is 9.91. The lowest BCUT2D eigenvalue weighted by Gasteiger charge is -2.24. The maximum atomic E-state index is 6.14. The van der Waals surface area contributed by atoms with Gasteiger partial charge >= 0.3 is 0 Å². The number of rotatable bonds is 3. The highest BCUT2D eigenvalue weighted by atomic mass is 35.5. The number of nitrogens with one attached hydrogen (secondary N) is 1. The minimum atomic E-state index is 0.438. The minimum Gasteiger partial charge on any atom is -0.380 e. The average molecular weight is 281 g/mol. The monoisotopic (exact) mass is 280 g/mol. The van der Waals surface area contributed by atoms with Crippen molar-refractivity contribution in [2.75, 3.05) is 24.3 Å². The van der Waals surface area contributed by atoms with Gasteiger partial charge in [0.15, 0.2) is 0 Å². The van der Waals surface area contributed by atoms with Gasteiger partial charge in [0.2, 0.25) is 0 Å². The van der Waals surface area contributed by atoms with E-state index in [2.05, 4.69) is 51.1 Å². The summed E-state index contributed by atoms with van der Waals surface area (Å²) in [6, 6.07) is 6.60. The second-order valence-electron chi connectivity index (χ2n) is 6.86. The van der Waals surface area contributed by atoms with E-state index in [4.69, 9.17) is 11.6 Å². The summed E-state index contributed by atoms with van der Waals surface area (Å²) >= 11 is 6.14. The van der Waals surface area contributed by atoms with Crippen LogP contribution >= 0.6 is 11.6 Å². The van der Waals surface area contributed by atoms with Crippen LogP contribution in [0.1, 0.15) is 33.6 Å². The molecule has 2 nitrogen and oxygen atoms in total. The maximum Gasteiger partial charge on any atom is 0.0597 e. The van der Waals surface area contributed by atoms with Crippen molar-refractivity contribution in [1.29, 1.82) is 0 Å². The van der Waals surface area contributed by atoms with Crippen LogP contribution in [0, 0.1) is 11.3 Å². The van der Waals surface area contributed by atoms with Gasteiger partial charge in [-0.3, -0.25) is 0 Å². The number of hydrogen-bond acceptors (Lipinski definition) is 2. The second kappa shape index (κ2) is 5.24. The van der Waals surface area contributed by atoms with Crippen molar-refractivity contribution < 1.29 is 0 Å². The first-order valence-electron chi connectivity index (χ1n) is 7.02. The van der Waals surface area contributed by atoms with Crippen molar-refractivity contribution in [2.45, 2.75) is 39.7 Å². The molecule has 2 unspecified atom stereocenters. The van der Waals surface area contributed by atoms with E-state index in [1.807, 2.05) is 12.1 Å². The van der Waals surface area contributed by atoms with Crippen LogP contribution in [0.2, 0.25) is 5.02 Å². The first-order chi connectivity index (χ1) is 8.78. The maximum absolute atomic E-state index is 6.14. The van der Waals surface area contributed by atoms with E-state index in [1.165, 1.54) is 18.5 Å². The van der Waals surface area contributed by atoms with Crippen molar-refractivity contribution in [3.8, 4) is 0 Å². The van der Waals surface area contributed by atoms with Gasteiger partial charge in [0.1, 0.15) is 0 Å². The fourth-order valence-corrected chi connectivity index (χ4v) is 3.47. The molecule has 0 aromatic heterocycles. The molecule has 1 aromatic rings. The normalized spacial score (nSPS) is 25.4. The van der Waals surface area contributed by atoms with Gasteiger partial charge in [0.25, 0.3) is 0 Å². The van der Waals surface area contributed by atoms with Crippen LogP contribution in [0.15, 0.2) is 18.2 Å². The summed E-state index contributed by atoms with van der Waals surface area (Å²) in [5, 5.41) is 4.50. The van der Waals surface area contributed by atoms with Gasteiger partial charge in [0, 0.05) is 25.2 Å². The third-order valence-electron chi connectivity index (χ3n) is 4.12. The smallest absolute Gasteiger partial charge is 0.0597 e. The second-order valence-corrected chi connectivity index (χ2v) is 7.29. The third kappa shape index (κ3) is 3.36. The molecule has 3 heteroatoms. The Hall–Kier alpha value is -0.890. The molecular formula is C16H25ClN2. The van der Waals surface area contributed by atoms with Crippen LogP contribution < -0.4 is 10.2 Å². The van der Waals surface area contributed by atoms with E-state index < -0.39 is 0 Å². The van der Waals surface area contributed by atoms with Crippen molar-refractivity contribution in [2.24, 2.45) is 11.3 Å². The Morgan fingerprint density at radius 3 is 2.47 bits per heavy atom. The molecule has 1 N–H and O–H groups in total. The summed E-state index contributed by atoms with van der Waals surface area (Å²) in [7, 11) is 4.13. The Labute approximate surface area is 122 Å². The van der Waals surface area contributed by atoms with E-state index in [0.29, 0.717) is 17.4 Å². The van der Waals surface area contributed by atoms with Crippen molar-refractivity contribution in [1.82, 2.24) is 0 Å². The molecule has 1 aliphatic rings. The molecule has 1 fully saturated rings. The molecule has 0 bridgehead atoms. The topological polar surface area (TPSA) is 15.3 Å². The van der Waals surface area contributed by atoms with Crippen LogP contribution in [0.5, 0.6) is 0 Å². The molecule has 2 atom stereocenters. The van der Waals surface area contributed by atoms with E-state index >= 15 is 0 Å². The summed E-state index contributed by atoms with van der Waals surface area (Å²) in [4.78, 5) is 2.13. The van der Waals surface area contributed by atoms with E-state index in [9.17, 15) is 0 Å². The van der Waals surface area contributed by atoms with Gasteiger partial charge in [-0.15, -0.1) is 0 Å². The minimum absolute atomic E-state index is 0.438. The first-order valence-corrected chi connectivity index (χ1v) is 7.40. The van der Waals surface area contributed by atoms with E-state index in [-0.39, 0.29) is 0 Å². The van der Waals surface area contributed by atoms with Gasteiger partial charge in [0.05, 0.1) is 11.4 Å². The summed E-state index contributed by atoms with van der Waals surface area (Å²) in [6.07, 6.45) is 2.50. The van der Waals surface area contributed by atoms with Crippen molar-refractivity contribution >= 4 is 23.0 Å². The Morgan fingerprint density at radius 2 is 1.95 bits per heavy atom. The summed E-state index contributed by atoms with van der Waals surface area (Å²) < 4.78 is 0. The highest BCUT2D eigenvalue weighted by Gasteiger charge is 2.36. The number of benzene rings is 1. The molecule has 0 aliphatic heterocycles. The zero-order chi connectivity index (χ0) is 14.2. The first kappa shape index (κ1) is 14.5. The van der Waals surface area contributed by atoms with Crippen molar-refractivity contribution in [3.63, 3.8) is 0 Å². The Bertz CT molecular complexity index is 454. The molecule has 0 spiro atoms. The average Bonchev–Trinajstić information content (AvgIpc) is 2.51. The van der Waals surface area contributed by atoms with Crippen LogP contribution in [0.3, 0.4) is 0 Å². The van der Waals surface area contributed by atoms with Gasteiger partial charge in [-0.25, -0.2) is 0 Å². The number of anilines is 2. The molecular weight excluding hydrogens is 256 g/mol. The number of nitrogens with zero attached hydrogens (tertiary/aromatic N) is 1. The van der Waals surface area contributed by atoms with Crippen LogP contribution in [-0.4, -0.2) is 20.1 Å². The summed E-state index contributed by atoms with van der Waals surface area (Å²) in [6.45, 7) is 7.05. The number of halogens is 1. The molecule has 0 saturated heterocycles. The SMILES string of the molecule is CC1CC(C)(C)CC1Nc1cc(Cl)ccc1N(C)C. The van der Waals surface area contributed by atoms with E-state index in [1.54, 1.807) is 0 Å². The fourth-order valence-electron chi connectivity index (χ4n) is 3.30. The largest absolute Gasteiger partial charge is 0.380 e. The van der Waals surface area contributed by atoms with Gasteiger partial charge in [-0.1, -0.05) is 32.4 Å². The number of hydrogen-bond donors (Lipinski definition) is 1. The lowest BCUT2D eigenvalue weighted by Crippen LogP contribution is -2.24. The van der Waals surface area contributed by atoms with Crippen LogP contribution in [0.25, 0.3) is 0 Å². The molecule has 1 saturated carbocycles. The summed E-state index contributed by atoms with van der Waals surface area (Å²) in [5.41, 5.74) is 2.78. The van der Waals surface area contributed by atoms with Gasteiger partial charge < -0.3 is 10.2 Å². The predicted octanol–water partition coefficient (Wildman–Crippen LogP) is 4.64. The highest BCUT2D eigenvalue weighted by Crippen LogP contribution is 2.43. The third-order valence-corrected chi connectivity index (χ3v) is 4.35. The molecule has 1 aromatic carbocycles.